The number of aliphatic hydroxyl groups excluding tert-OH is 1. The van der Waals surface area contributed by atoms with Gasteiger partial charge in [0.25, 0.3) is 0 Å². The van der Waals surface area contributed by atoms with Gasteiger partial charge >= 0.3 is 0 Å². The number of aliphatic hydroxyl groups is 1. The smallest absolute Gasteiger partial charge is 0.239 e. The van der Waals surface area contributed by atoms with Crippen LogP contribution in [0.25, 0.3) is 0 Å². The summed E-state index contributed by atoms with van der Waals surface area (Å²) in [5.74, 6) is 0.313. The predicted octanol–water partition coefficient (Wildman–Crippen LogP) is 1.28. The Balaban J connectivity index is 1.88. The summed E-state index contributed by atoms with van der Waals surface area (Å²) in [7, 11) is 0. The number of rotatable bonds is 4. The van der Waals surface area contributed by atoms with Gasteiger partial charge in [-0.25, -0.2) is 0 Å². The van der Waals surface area contributed by atoms with Crippen LogP contribution in [0.15, 0.2) is 0 Å². The topological polar surface area (TPSA) is 92.6 Å². The molecule has 5 N–H and O–H groups in total. The lowest BCUT2D eigenvalue weighted by Crippen LogP contribution is -2.53. The van der Waals surface area contributed by atoms with E-state index < -0.39 is 12.1 Å². The predicted molar refractivity (Wildman–Crippen MR) is 93.6 cm³/mol. The Labute approximate surface area is 148 Å². The van der Waals surface area contributed by atoms with Crippen molar-refractivity contribution in [3.63, 3.8) is 0 Å². The molecule has 0 aromatic rings. The van der Waals surface area contributed by atoms with E-state index in [9.17, 15) is 9.90 Å². The summed E-state index contributed by atoms with van der Waals surface area (Å²) in [6, 6.07) is -0.509. The Hall–Kier alpha value is -0.0700. The fourth-order valence-corrected chi connectivity index (χ4v) is 4.39. The summed E-state index contributed by atoms with van der Waals surface area (Å²) < 4.78 is 0. The van der Waals surface area contributed by atoms with Crippen LogP contribution in [-0.4, -0.2) is 57.9 Å². The van der Waals surface area contributed by atoms with E-state index >= 15 is 0 Å². The molecular weight excluding hydrogens is 337 g/mol. The summed E-state index contributed by atoms with van der Waals surface area (Å²) in [5, 5.41) is 9.97. The molecule has 0 spiro atoms. The van der Waals surface area contributed by atoms with Gasteiger partial charge in [0.2, 0.25) is 5.91 Å². The Morgan fingerprint density at radius 3 is 2.35 bits per heavy atom. The van der Waals surface area contributed by atoms with Crippen LogP contribution in [0.1, 0.15) is 39.0 Å². The second-order valence-corrected chi connectivity index (χ2v) is 8.11. The quantitative estimate of drug-likeness (QED) is 0.654. The van der Waals surface area contributed by atoms with E-state index in [4.69, 9.17) is 34.7 Å². The molecule has 0 bridgehead atoms. The molecule has 2 fully saturated rings. The van der Waals surface area contributed by atoms with E-state index in [2.05, 4.69) is 0 Å². The number of nitrogens with zero attached hydrogens (tertiary/aromatic N) is 1. The van der Waals surface area contributed by atoms with E-state index in [1.165, 1.54) is 0 Å². The molecule has 134 valence electrons. The van der Waals surface area contributed by atoms with Crippen LogP contribution in [0.3, 0.4) is 0 Å². The molecule has 1 aliphatic carbocycles. The summed E-state index contributed by atoms with van der Waals surface area (Å²) >= 11 is 12.4. The highest BCUT2D eigenvalue weighted by Crippen LogP contribution is 2.36. The second kappa shape index (κ2) is 8.34. The number of carbonyl (C=O) groups is 1. The van der Waals surface area contributed by atoms with Crippen LogP contribution >= 0.6 is 23.2 Å². The van der Waals surface area contributed by atoms with Crippen molar-refractivity contribution in [3.05, 3.63) is 0 Å². The fraction of sp³-hybridized carbons (Fsp3) is 0.938. The molecule has 1 saturated heterocycles. The molecule has 1 heterocycles. The Morgan fingerprint density at radius 1 is 1.22 bits per heavy atom. The summed E-state index contributed by atoms with van der Waals surface area (Å²) in [6.07, 6.45) is 3.02. The Kier molecular flexibility index (Phi) is 6.99. The maximum absolute atomic E-state index is 12.1. The van der Waals surface area contributed by atoms with Crippen molar-refractivity contribution in [2.75, 3.05) is 13.1 Å². The minimum absolute atomic E-state index is 0.0161. The standard InChI is InChI=1S/C16H29Cl2N3O2/c1-2-13(19)16(23)21-5-3-9(4-6-21)15(20)10-7-11(17)12(18)8-14(10)22/h9-15,22H,2-8,19-20H2,1H3/t10?,11?,12?,13-,14?,15-/m1/s1. The zero-order valence-electron chi connectivity index (χ0n) is 13.7. The molecule has 7 heteroatoms. The van der Waals surface area contributed by atoms with Gasteiger partial charge in [-0.15, -0.1) is 23.2 Å². The van der Waals surface area contributed by atoms with Crippen LogP contribution in [-0.2, 0) is 4.79 Å². The molecule has 5 nitrogen and oxygen atoms in total. The first-order valence-electron chi connectivity index (χ1n) is 8.61. The van der Waals surface area contributed by atoms with Crippen LogP contribution in [0.4, 0.5) is 0 Å². The monoisotopic (exact) mass is 365 g/mol. The van der Waals surface area contributed by atoms with Crippen molar-refractivity contribution in [1.29, 1.82) is 0 Å². The molecule has 4 unspecified atom stereocenters. The SMILES string of the molecule is CC[C@@H](N)C(=O)N1CCC([C@@H](N)C2CC(Cl)C(Cl)CC2O)CC1. The highest BCUT2D eigenvalue weighted by Gasteiger charge is 2.40. The summed E-state index contributed by atoms with van der Waals surface area (Å²) in [4.78, 5) is 14.0. The molecule has 2 rings (SSSR count). The van der Waals surface area contributed by atoms with Gasteiger partial charge in [-0.3, -0.25) is 4.79 Å². The van der Waals surface area contributed by atoms with Crippen LogP contribution < -0.4 is 11.5 Å². The van der Waals surface area contributed by atoms with Gasteiger partial charge in [0.05, 0.1) is 22.9 Å². The molecular formula is C16H29Cl2N3O2. The lowest BCUT2D eigenvalue weighted by molar-refractivity contribution is -0.134. The minimum Gasteiger partial charge on any atom is -0.393 e. The molecule has 0 aromatic carbocycles. The largest absolute Gasteiger partial charge is 0.393 e. The summed E-state index contributed by atoms with van der Waals surface area (Å²) in [5.41, 5.74) is 12.3. The van der Waals surface area contributed by atoms with E-state index in [1.54, 1.807) is 0 Å². The second-order valence-electron chi connectivity index (χ2n) is 6.99. The minimum atomic E-state index is -0.490. The molecule has 6 atom stereocenters. The number of carbonyl (C=O) groups excluding carboxylic acids is 1. The zero-order valence-corrected chi connectivity index (χ0v) is 15.2. The molecule has 23 heavy (non-hydrogen) atoms. The van der Waals surface area contributed by atoms with Crippen molar-refractivity contribution in [2.24, 2.45) is 23.3 Å². The van der Waals surface area contributed by atoms with Gasteiger partial charge in [0.15, 0.2) is 0 Å². The number of likely N-dealkylation sites (tertiary alicyclic amines) is 1. The molecule has 2 aliphatic rings. The summed E-state index contributed by atoms with van der Waals surface area (Å²) in [6.45, 7) is 3.30. The fourth-order valence-electron chi connectivity index (χ4n) is 3.80. The number of nitrogens with two attached hydrogens (primary N) is 2. The first-order valence-corrected chi connectivity index (χ1v) is 9.48. The first kappa shape index (κ1) is 19.3. The first-order chi connectivity index (χ1) is 10.8. The zero-order chi connectivity index (χ0) is 17.1. The molecule has 1 aliphatic heterocycles. The van der Waals surface area contributed by atoms with Crippen LogP contribution in [0.2, 0.25) is 0 Å². The van der Waals surface area contributed by atoms with E-state index in [1.807, 2.05) is 11.8 Å². The normalized spacial score (nSPS) is 35.8. The van der Waals surface area contributed by atoms with E-state index in [0.717, 1.165) is 12.8 Å². The molecule has 0 radical (unpaired) electrons. The van der Waals surface area contributed by atoms with Crippen LogP contribution in [0.5, 0.6) is 0 Å². The van der Waals surface area contributed by atoms with Crippen molar-refractivity contribution in [3.8, 4) is 0 Å². The Morgan fingerprint density at radius 2 is 1.78 bits per heavy atom. The number of hydrogen-bond donors (Lipinski definition) is 3. The number of amides is 1. The third-order valence-corrected chi connectivity index (χ3v) is 6.59. The van der Waals surface area contributed by atoms with E-state index in [0.29, 0.717) is 38.3 Å². The molecule has 1 amide bonds. The lowest BCUT2D eigenvalue weighted by atomic mass is 9.74. The van der Waals surface area contributed by atoms with Gasteiger partial charge in [0.1, 0.15) is 0 Å². The number of hydrogen-bond acceptors (Lipinski definition) is 4. The highest BCUT2D eigenvalue weighted by molar-refractivity contribution is 6.30. The van der Waals surface area contributed by atoms with Gasteiger partial charge in [-0.1, -0.05) is 6.92 Å². The van der Waals surface area contributed by atoms with Crippen molar-refractivity contribution in [1.82, 2.24) is 4.90 Å². The van der Waals surface area contributed by atoms with Crippen LogP contribution in [0, 0.1) is 11.8 Å². The maximum atomic E-state index is 12.1. The average molecular weight is 366 g/mol. The van der Waals surface area contributed by atoms with Crippen molar-refractivity contribution < 1.29 is 9.90 Å². The van der Waals surface area contributed by atoms with Crippen molar-refractivity contribution >= 4 is 29.1 Å². The van der Waals surface area contributed by atoms with Crippen molar-refractivity contribution in [2.45, 2.75) is 68.0 Å². The number of halogens is 2. The van der Waals surface area contributed by atoms with E-state index in [-0.39, 0.29) is 28.6 Å². The highest BCUT2D eigenvalue weighted by atomic mass is 35.5. The average Bonchev–Trinajstić information content (AvgIpc) is 2.56. The molecule has 1 saturated carbocycles. The third-order valence-electron chi connectivity index (χ3n) is 5.50. The third kappa shape index (κ3) is 4.51. The number of piperidine rings is 1. The lowest BCUT2D eigenvalue weighted by Gasteiger charge is -2.42. The molecule has 0 aromatic heterocycles. The van der Waals surface area contributed by atoms with Gasteiger partial charge in [0, 0.05) is 25.0 Å². The maximum Gasteiger partial charge on any atom is 0.239 e. The van der Waals surface area contributed by atoms with Gasteiger partial charge in [-0.05, 0) is 38.0 Å². The number of alkyl halides is 2. The van der Waals surface area contributed by atoms with Gasteiger partial charge < -0.3 is 21.5 Å². The Bertz CT molecular complexity index is 405. The van der Waals surface area contributed by atoms with Gasteiger partial charge in [-0.2, -0.15) is 0 Å².